The number of nitrogens with one attached hydrogen (secondary N) is 1. The van der Waals surface area contributed by atoms with Crippen molar-refractivity contribution in [1.82, 2.24) is 4.90 Å². The molecule has 140 valence electrons. The first-order valence-corrected chi connectivity index (χ1v) is 10.7. The Balaban J connectivity index is 1.63. The number of anilines is 1. The summed E-state index contributed by atoms with van der Waals surface area (Å²) < 4.78 is 28.5. The van der Waals surface area contributed by atoms with Crippen LogP contribution in [0.15, 0.2) is 52.0 Å². The predicted octanol–water partition coefficient (Wildman–Crippen LogP) is 3.07. The van der Waals surface area contributed by atoms with E-state index in [0.29, 0.717) is 18.3 Å². The highest BCUT2D eigenvalue weighted by molar-refractivity contribution is 7.90. The lowest BCUT2D eigenvalue weighted by atomic mass is 10.2. The number of furan rings is 1. The third kappa shape index (κ3) is 4.95. The van der Waals surface area contributed by atoms with Crippen LogP contribution in [0.2, 0.25) is 0 Å². The van der Waals surface area contributed by atoms with E-state index in [-0.39, 0.29) is 17.3 Å². The van der Waals surface area contributed by atoms with Crippen LogP contribution >= 0.6 is 0 Å². The van der Waals surface area contributed by atoms with Crippen molar-refractivity contribution in [1.29, 1.82) is 0 Å². The molecule has 0 spiro atoms. The van der Waals surface area contributed by atoms with Crippen LogP contribution in [0, 0.1) is 0 Å². The summed E-state index contributed by atoms with van der Waals surface area (Å²) >= 11 is 0. The van der Waals surface area contributed by atoms with Gasteiger partial charge in [0.15, 0.2) is 9.84 Å². The number of carbonyl (C=O) groups excluding carboxylic acids is 1. The van der Waals surface area contributed by atoms with Crippen LogP contribution in [0.3, 0.4) is 0 Å². The van der Waals surface area contributed by atoms with Crippen LogP contribution in [-0.2, 0) is 21.2 Å². The molecule has 0 aliphatic heterocycles. The Labute approximate surface area is 154 Å². The molecule has 0 bridgehead atoms. The Morgan fingerprint density at radius 3 is 2.46 bits per heavy atom. The number of nitrogens with zero attached hydrogens (tertiary/aromatic N) is 1. The number of hydrogen-bond donors (Lipinski definition) is 1. The van der Waals surface area contributed by atoms with Gasteiger partial charge in [-0.25, -0.2) is 8.42 Å². The van der Waals surface area contributed by atoms with Crippen LogP contribution in [-0.4, -0.2) is 38.1 Å². The molecule has 0 unspecified atom stereocenters. The monoisotopic (exact) mass is 376 g/mol. The molecule has 6 nitrogen and oxygen atoms in total. The van der Waals surface area contributed by atoms with E-state index in [0.717, 1.165) is 24.9 Å². The van der Waals surface area contributed by atoms with Crippen LogP contribution in [0.5, 0.6) is 0 Å². The van der Waals surface area contributed by atoms with Crippen molar-refractivity contribution in [3.05, 3.63) is 48.4 Å². The first-order chi connectivity index (χ1) is 12.4. The average Bonchev–Trinajstić information content (AvgIpc) is 3.27. The molecule has 1 aromatic carbocycles. The SMILES string of the molecule is CS(=O)(=O)c1ccc(NC(=O)CN(Cc2ccco2)C2CCCC2)cc1. The normalized spacial score (nSPS) is 15.5. The van der Waals surface area contributed by atoms with Gasteiger partial charge in [-0.3, -0.25) is 9.69 Å². The van der Waals surface area contributed by atoms with Crippen LogP contribution in [0.4, 0.5) is 5.69 Å². The molecule has 1 amide bonds. The minimum atomic E-state index is -3.24. The summed E-state index contributed by atoms with van der Waals surface area (Å²) in [7, 11) is -3.24. The third-order valence-corrected chi connectivity index (χ3v) is 5.82. The molecule has 7 heteroatoms. The lowest BCUT2D eigenvalue weighted by molar-refractivity contribution is -0.118. The Morgan fingerprint density at radius 1 is 1.19 bits per heavy atom. The second kappa shape index (κ2) is 8.05. The van der Waals surface area contributed by atoms with Gasteiger partial charge < -0.3 is 9.73 Å². The molecule has 1 heterocycles. The predicted molar refractivity (Wildman–Crippen MR) is 99.6 cm³/mol. The fraction of sp³-hybridized carbons (Fsp3) is 0.421. The van der Waals surface area contributed by atoms with Crippen molar-refractivity contribution in [2.75, 3.05) is 18.1 Å². The fourth-order valence-electron chi connectivity index (χ4n) is 3.36. The molecule has 0 saturated heterocycles. The van der Waals surface area contributed by atoms with E-state index in [1.165, 1.54) is 25.0 Å². The Bertz CT molecular complexity index is 823. The van der Waals surface area contributed by atoms with Gasteiger partial charge in [-0.15, -0.1) is 0 Å². The number of amides is 1. The number of benzene rings is 1. The largest absolute Gasteiger partial charge is 0.468 e. The average molecular weight is 376 g/mol. The van der Waals surface area contributed by atoms with E-state index in [9.17, 15) is 13.2 Å². The van der Waals surface area contributed by atoms with Crippen LogP contribution in [0.25, 0.3) is 0 Å². The quantitative estimate of drug-likeness (QED) is 0.803. The fourth-order valence-corrected chi connectivity index (χ4v) is 3.99. The number of rotatable bonds is 7. The molecular formula is C19H24N2O4S. The molecule has 2 aromatic rings. The van der Waals surface area contributed by atoms with Gasteiger partial charge in [0.1, 0.15) is 5.76 Å². The maximum Gasteiger partial charge on any atom is 0.238 e. The zero-order chi connectivity index (χ0) is 18.6. The molecule has 1 aliphatic carbocycles. The van der Waals surface area contributed by atoms with Gasteiger partial charge in [0.2, 0.25) is 5.91 Å². The lowest BCUT2D eigenvalue weighted by Gasteiger charge is -2.27. The molecule has 0 atom stereocenters. The van der Waals surface area contributed by atoms with E-state index < -0.39 is 9.84 Å². The second-order valence-electron chi connectivity index (χ2n) is 6.77. The summed E-state index contributed by atoms with van der Waals surface area (Å²) in [6.45, 7) is 0.886. The summed E-state index contributed by atoms with van der Waals surface area (Å²) in [5.41, 5.74) is 0.590. The molecule has 3 rings (SSSR count). The summed E-state index contributed by atoms with van der Waals surface area (Å²) in [6.07, 6.45) is 7.37. The molecule has 1 N–H and O–H groups in total. The smallest absolute Gasteiger partial charge is 0.238 e. The highest BCUT2D eigenvalue weighted by Gasteiger charge is 2.25. The molecule has 1 fully saturated rings. The number of carbonyl (C=O) groups is 1. The topological polar surface area (TPSA) is 79.6 Å². The molecule has 0 radical (unpaired) electrons. The van der Waals surface area contributed by atoms with Crippen molar-refractivity contribution in [2.45, 2.75) is 43.2 Å². The molecular weight excluding hydrogens is 352 g/mol. The third-order valence-electron chi connectivity index (χ3n) is 4.69. The molecule has 1 aromatic heterocycles. The summed E-state index contributed by atoms with van der Waals surface area (Å²) in [5, 5.41) is 2.85. The zero-order valence-electron chi connectivity index (χ0n) is 14.8. The lowest BCUT2D eigenvalue weighted by Crippen LogP contribution is -2.39. The summed E-state index contributed by atoms with van der Waals surface area (Å²) in [6, 6.07) is 10.4. The van der Waals surface area contributed by atoms with Crippen LogP contribution < -0.4 is 5.32 Å². The van der Waals surface area contributed by atoms with Gasteiger partial charge in [-0.1, -0.05) is 12.8 Å². The van der Waals surface area contributed by atoms with E-state index in [1.54, 1.807) is 18.4 Å². The Morgan fingerprint density at radius 2 is 1.88 bits per heavy atom. The molecule has 26 heavy (non-hydrogen) atoms. The highest BCUT2D eigenvalue weighted by atomic mass is 32.2. The summed E-state index contributed by atoms with van der Waals surface area (Å²) in [4.78, 5) is 14.9. The van der Waals surface area contributed by atoms with E-state index in [4.69, 9.17) is 4.42 Å². The number of sulfone groups is 1. The van der Waals surface area contributed by atoms with Crippen LogP contribution in [0.1, 0.15) is 31.4 Å². The van der Waals surface area contributed by atoms with Crippen molar-refractivity contribution in [3.63, 3.8) is 0 Å². The van der Waals surface area contributed by atoms with Crippen molar-refractivity contribution < 1.29 is 17.6 Å². The zero-order valence-corrected chi connectivity index (χ0v) is 15.7. The van der Waals surface area contributed by atoms with Gasteiger partial charge in [-0.05, 0) is 49.2 Å². The number of hydrogen-bond acceptors (Lipinski definition) is 5. The minimum Gasteiger partial charge on any atom is -0.468 e. The first kappa shape index (κ1) is 18.7. The van der Waals surface area contributed by atoms with Gasteiger partial charge >= 0.3 is 0 Å². The molecule has 1 aliphatic rings. The van der Waals surface area contributed by atoms with Crippen molar-refractivity contribution in [3.8, 4) is 0 Å². The van der Waals surface area contributed by atoms with Gasteiger partial charge in [0, 0.05) is 18.0 Å². The van der Waals surface area contributed by atoms with Crippen molar-refractivity contribution in [2.24, 2.45) is 0 Å². The first-order valence-electron chi connectivity index (χ1n) is 8.78. The maximum absolute atomic E-state index is 12.5. The van der Waals surface area contributed by atoms with E-state index in [2.05, 4.69) is 10.2 Å². The Kier molecular flexibility index (Phi) is 5.78. The van der Waals surface area contributed by atoms with E-state index in [1.807, 2.05) is 12.1 Å². The van der Waals surface area contributed by atoms with Gasteiger partial charge in [0.25, 0.3) is 0 Å². The molecule has 1 saturated carbocycles. The van der Waals surface area contributed by atoms with E-state index >= 15 is 0 Å². The van der Waals surface area contributed by atoms with Crippen molar-refractivity contribution >= 4 is 21.4 Å². The van der Waals surface area contributed by atoms with Gasteiger partial charge in [-0.2, -0.15) is 0 Å². The Hall–Kier alpha value is -2.12. The highest BCUT2D eigenvalue weighted by Crippen LogP contribution is 2.25. The second-order valence-corrected chi connectivity index (χ2v) is 8.78. The standard InChI is InChI=1S/C19H24N2O4S/c1-26(23,24)18-10-8-15(9-11-18)20-19(22)14-21(16-5-2-3-6-16)13-17-7-4-12-25-17/h4,7-12,16H,2-3,5-6,13-14H2,1H3,(H,20,22). The van der Waals surface area contributed by atoms with Gasteiger partial charge in [0.05, 0.1) is 24.2 Å². The minimum absolute atomic E-state index is 0.115. The summed E-state index contributed by atoms with van der Waals surface area (Å²) in [5.74, 6) is 0.734. The maximum atomic E-state index is 12.5.